The van der Waals surface area contributed by atoms with Gasteiger partial charge in [0.05, 0.1) is 4.92 Å². The Morgan fingerprint density at radius 2 is 2.00 bits per heavy atom. The monoisotopic (exact) mass is 209 g/mol. The number of nitro groups is 1. The van der Waals surface area contributed by atoms with Gasteiger partial charge in [-0.15, -0.1) is 0 Å². The van der Waals surface area contributed by atoms with E-state index in [4.69, 9.17) is 0 Å². The third-order valence-electron chi connectivity index (χ3n) is 1.62. The Morgan fingerprint density at radius 3 is 2.47 bits per heavy atom. The Bertz CT molecular complexity index is 384. The van der Waals surface area contributed by atoms with E-state index < -0.39 is 10.9 Å². The van der Waals surface area contributed by atoms with E-state index in [2.05, 4.69) is 4.74 Å². The second-order valence-corrected chi connectivity index (χ2v) is 2.65. The largest absolute Gasteiger partial charge is 0.455 e. The molecule has 0 fully saturated rings. The van der Waals surface area contributed by atoms with Gasteiger partial charge >= 0.3 is 5.97 Å². The lowest BCUT2D eigenvalue weighted by Gasteiger charge is -2.00. The van der Waals surface area contributed by atoms with Crippen LogP contribution in [0.2, 0.25) is 0 Å². The molecule has 1 rings (SSSR count). The molecule has 0 N–H and O–H groups in total. The fourth-order valence-corrected chi connectivity index (χ4v) is 0.902. The molecule has 6 nitrogen and oxygen atoms in total. The molecule has 0 saturated carbocycles. The van der Waals surface area contributed by atoms with Gasteiger partial charge in [0.15, 0.2) is 0 Å². The first-order valence-corrected chi connectivity index (χ1v) is 3.98. The lowest BCUT2D eigenvalue weighted by Crippen LogP contribution is -2.04. The molecule has 0 saturated heterocycles. The number of carbonyl (C=O) groups is 2. The Kier molecular flexibility index (Phi) is 3.50. The third kappa shape index (κ3) is 3.18. The highest BCUT2D eigenvalue weighted by Crippen LogP contribution is 2.12. The summed E-state index contributed by atoms with van der Waals surface area (Å²) in [6.45, 7) is -0.0738. The van der Waals surface area contributed by atoms with Crippen molar-refractivity contribution in [1.82, 2.24) is 0 Å². The zero-order valence-electron chi connectivity index (χ0n) is 7.58. The van der Waals surface area contributed by atoms with E-state index in [1.807, 2.05) is 0 Å². The van der Waals surface area contributed by atoms with Crippen molar-refractivity contribution in [3.8, 4) is 0 Å². The van der Waals surface area contributed by atoms with Crippen LogP contribution < -0.4 is 0 Å². The SMILES string of the molecule is O=CC(=O)OCc1ccc([N+](=O)[O-])cc1. The van der Waals surface area contributed by atoms with Crippen molar-refractivity contribution in [1.29, 1.82) is 0 Å². The number of non-ortho nitro benzene ring substituents is 1. The first-order valence-electron chi connectivity index (χ1n) is 3.98. The maximum atomic E-state index is 10.5. The second kappa shape index (κ2) is 4.85. The number of hydrogen-bond acceptors (Lipinski definition) is 5. The van der Waals surface area contributed by atoms with Gasteiger partial charge in [0.2, 0.25) is 6.29 Å². The van der Waals surface area contributed by atoms with Crippen LogP contribution in [0.3, 0.4) is 0 Å². The van der Waals surface area contributed by atoms with Crippen LogP contribution in [0.4, 0.5) is 5.69 Å². The molecule has 0 aliphatic heterocycles. The summed E-state index contributed by atoms with van der Waals surface area (Å²) in [5, 5.41) is 10.3. The van der Waals surface area contributed by atoms with Gasteiger partial charge in [-0.2, -0.15) is 0 Å². The molecule has 1 aromatic carbocycles. The van der Waals surface area contributed by atoms with Gasteiger partial charge in [0.25, 0.3) is 5.69 Å². The predicted molar refractivity (Wildman–Crippen MR) is 49.0 cm³/mol. The van der Waals surface area contributed by atoms with Crippen LogP contribution in [-0.4, -0.2) is 17.2 Å². The maximum absolute atomic E-state index is 10.5. The molecule has 0 aliphatic rings. The lowest BCUT2D eigenvalue weighted by atomic mass is 10.2. The van der Waals surface area contributed by atoms with Crippen LogP contribution in [0.25, 0.3) is 0 Å². The molecule has 15 heavy (non-hydrogen) atoms. The molecule has 6 heteroatoms. The summed E-state index contributed by atoms with van der Waals surface area (Å²) in [4.78, 5) is 30.1. The topological polar surface area (TPSA) is 86.5 Å². The van der Waals surface area contributed by atoms with E-state index in [1.165, 1.54) is 24.3 Å². The molecule has 0 spiro atoms. The molecule has 0 radical (unpaired) electrons. The molecule has 0 aliphatic carbocycles. The van der Waals surface area contributed by atoms with Crippen molar-refractivity contribution < 1.29 is 19.2 Å². The smallest absolute Gasteiger partial charge is 0.371 e. The van der Waals surface area contributed by atoms with Crippen molar-refractivity contribution in [2.24, 2.45) is 0 Å². The Hall–Kier alpha value is -2.24. The number of ether oxygens (including phenoxy) is 1. The summed E-state index contributed by atoms with van der Waals surface area (Å²) in [7, 11) is 0. The number of nitro benzene ring substituents is 1. The number of benzene rings is 1. The summed E-state index contributed by atoms with van der Waals surface area (Å²) in [6.07, 6.45) is 0.0609. The molecular formula is C9H7NO5. The highest BCUT2D eigenvalue weighted by Gasteiger charge is 2.05. The molecule has 0 bridgehead atoms. The molecule has 1 aromatic rings. The van der Waals surface area contributed by atoms with E-state index in [0.717, 1.165) is 0 Å². The van der Waals surface area contributed by atoms with Gasteiger partial charge in [-0.3, -0.25) is 14.9 Å². The highest BCUT2D eigenvalue weighted by molar-refractivity contribution is 6.20. The number of rotatable bonds is 4. The van der Waals surface area contributed by atoms with Crippen LogP contribution in [0.15, 0.2) is 24.3 Å². The Labute approximate surface area is 84.6 Å². The molecule has 78 valence electrons. The van der Waals surface area contributed by atoms with Crippen molar-refractivity contribution in [2.45, 2.75) is 6.61 Å². The van der Waals surface area contributed by atoms with Crippen LogP contribution in [0, 0.1) is 10.1 Å². The minimum Gasteiger partial charge on any atom is -0.455 e. The van der Waals surface area contributed by atoms with Gasteiger partial charge in [0, 0.05) is 12.1 Å². The first kappa shape index (κ1) is 10.8. The first-order chi connectivity index (χ1) is 7.13. The lowest BCUT2D eigenvalue weighted by molar-refractivity contribution is -0.384. The van der Waals surface area contributed by atoms with Gasteiger partial charge in [0.1, 0.15) is 6.61 Å². The average molecular weight is 209 g/mol. The van der Waals surface area contributed by atoms with E-state index in [1.54, 1.807) is 0 Å². The maximum Gasteiger partial charge on any atom is 0.371 e. The van der Waals surface area contributed by atoms with Gasteiger partial charge in [-0.25, -0.2) is 4.79 Å². The normalized spacial score (nSPS) is 9.33. The summed E-state index contributed by atoms with van der Waals surface area (Å²) in [6, 6.07) is 5.50. The van der Waals surface area contributed by atoms with Gasteiger partial charge < -0.3 is 4.74 Å². The number of esters is 1. The molecule has 0 heterocycles. The Morgan fingerprint density at radius 1 is 1.40 bits per heavy atom. The van der Waals surface area contributed by atoms with Crippen LogP contribution >= 0.6 is 0 Å². The second-order valence-electron chi connectivity index (χ2n) is 2.65. The summed E-state index contributed by atoms with van der Waals surface area (Å²) in [5.74, 6) is -0.964. The minimum absolute atomic E-state index is 0.0412. The predicted octanol–water partition coefficient (Wildman–Crippen LogP) is 0.837. The standard InChI is InChI=1S/C9H7NO5/c11-5-9(12)15-6-7-1-3-8(4-2-7)10(13)14/h1-5H,6H2. The number of hydrogen-bond donors (Lipinski definition) is 0. The molecule has 0 atom stereocenters. The molecule has 0 aromatic heterocycles. The fraction of sp³-hybridized carbons (Fsp3) is 0.111. The van der Waals surface area contributed by atoms with Crippen molar-refractivity contribution in [3.05, 3.63) is 39.9 Å². The quantitative estimate of drug-likeness (QED) is 0.241. The van der Waals surface area contributed by atoms with Gasteiger partial charge in [-0.05, 0) is 17.7 Å². The number of aldehydes is 1. The van der Waals surface area contributed by atoms with Crippen LogP contribution in [-0.2, 0) is 20.9 Å². The van der Waals surface area contributed by atoms with E-state index >= 15 is 0 Å². The van der Waals surface area contributed by atoms with E-state index in [-0.39, 0.29) is 18.6 Å². The summed E-state index contributed by atoms with van der Waals surface area (Å²) < 4.78 is 4.50. The highest BCUT2D eigenvalue weighted by atomic mass is 16.6. The number of carbonyl (C=O) groups excluding carboxylic acids is 2. The van der Waals surface area contributed by atoms with E-state index in [9.17, 15) is 19.7 Å². The molecular weight excluding hydrogens is 202 g/mol. The van der Waals surface area contributed by atoms with Crippen LogP contribution in [0.5, 0.6) is 0 Å². The molecule has 0 amide bonds. The van der Waals surface area contributed by atoms with Crippen molar-refractivity contribution >= 4 is 17.9 Å². The fourth-order valence-electron chi connectivity index (χ4n) is 0.902. The number of nitrogens with zero attached hydrogens (tertiary/aromatic N) is 1. The third-order valence-corrected chi connectivity index (χ3v) is 1.62. The summed E-state index contributed by atoms with van der Waals surface area (Å²) >= 11 is 0. The zero-order valence-corrected chi connectivity index (χ0v) is 7.58. The Balaban J connectivity index is 2.60. The zero-order chi connectivity index (χ0) is 11.3. The van der Waals surface area contributed by atoms with E-state index in [0.29, 0.717) is 5.56 Å². The summed E-state index contributed by atoms with van der Waals surface area (Å²) in [5.41, 5.74) is 0.538. The molecule has 0 unspecified atom stereocenters. The average Bonchev–Trinajstić information content (AvgIpc) is 2.26. The van der Waals surface area contributed by atoms with Crippen molar-refractivity contribution in [3.63, 3.8) is 0 Å². The van der Waals surface area contributed by atoms with Crippen LogP contribution in [0.1, 0.15) is 5.56 Å². The van der Waals surface area contributed by atoms with Crippen molar-refractivity contribution in [2.75, 3.05) is 0 Å². The minimum atomic E-state index is -0.964. The van der Waals surface area contributed by atoms with Gasteiger partial charge in [-0.1, -0.05) is 0 Å².